The Labute approximate surface area is 107 Å². The second-order valence-electron chi connectivity index (χ2n) is 5.02. The van der Waals surface area contributed by atoms with E-state index in [0.29, 0.717) is 6.54 Å². The topological polar surface area (TPSA) is 71.2 Å². The predicted molar refractivity (Wildman–Crippen MR) is 71.1 cm³/mol. The molecule has 0 aliphatic carbocycles. The molecule has 5 heteroatoms. The van der Waals surface area contributed by atoms with Crippen molar-refractivity contribution >= 4 is 11.6 Å². The van der Waals surface area contributed by atoms with Gasteiger partial charge in [-0.25, -0.2) is 0 Å². The molecule has 98 valence electrons. The number of hydrogen-bond donors (Lipinski definition) is 2. The van der Waals surface area contributed by atoms with Gasteiger partial charge >= 0.3 is 0 Å². The molecular weight excluding hydrogens is 228 g/mol. The lowest BCUT2D eigenvalue weighted by Crippen LogP contribution is -2.39. The fourth-order valence-corrected chi connectivity index (χ4v) is 2.39. The average Bonchev–Trinajstić information content (AvgIpc) is 2.82. The summed E-state index contributed by atoms with van der Waals surface area (Å²) in [4.78, 5) is 18.3. The van der Waals surface area contributed by atoms with Crippen LogP contribution in [0, 0.1) is 5.41 Å². The van der Waals surface area contributed by atoms with E-state index >= 15 is 0 Å². The molecule has 0 saturated carbocycles. The van der Waals surface area contributed by atoms with Crippen LogP contribution in [0.4, 0.5) is 5.69 Å². The molecule has 1 fully saturated rings. The number of nitrogens with one attached hydrogen (secondary N) is 1. The van der Waals surface area contributed by atoms with E-state index in [1.807, 2.05) is 25.3 Å². The van der Waals surface area contributed by atoms with Crippen molar-refractivity contribution in [3.63, 3.8) is 0 Å². The summed E-state index contributed by atoms with van der Waals surface area (Å²) < 4.78 is 0. The van der Waals surface area contributed by atoms with Crippen LogP contribution >= 0.6 is 0 Å². The highest BCUT2D eigenvalue weighted by atomic mass is 16.2. The number of hydrogen-bond acceptors (Lipinski definition) is 4. The van der Waals surface area contributed by atoms with E-state index in [9.17, 15) is 4.79 Å². The minimum atomic E-state index is -0.304. The fraction of sp³-hybridized carbons (Fsp3) is 0.538. The van der Waals surface area contributed by atoms with Gasteiger partial charge in [0.2, 0.25) is 5.91 Å². The minimum Gasteiger partial charge on any atom is -0.369 e. The van der Waals surface area contributed by atoms with Gasteiger partial charge in [-0.15, -0.1) is 0 Å². The van der Waals surface area contributed by atoms with Gasteiger partial charge in [0, 0.05) is 26.7 Å². The molecule has 5 nitrogen and oxygen atoms in total. The zero-order valence-electron chi connectivity index (χ0n) is 10.9. The molecule has 1 aromatic rings. The maximum atomic E-state index is 11.8. The van der Waals surface area contributed by atoms with Gasteiger partial charge in [-0.2, -0.15) is 0 Å². The average molecular weight is 248 g/mol. The summed E-state index contributed by atoms with van der Waals surface area (Å²) in [5, 5.41) is 2.74. The van der Waals surface area contributed by atoms with Gasteiger partial charge in [0.15, 0.2) is 0 Å². The summed E-state index contributed by atoms with van der Waals surface area (Å²) in [7, 11) is 1.69. The summed E-state index contributed by atoms with van der Waals surface area (Å²) >= 11 is 0. The number of amides is 1. The van der Waals surface area contributed by atoms with Crippen molar-refractivity contribution in [3.05, 3.63) is 24.0 Å². The maximum Gasteiger partial charge on any atom is 0.227 e. The molecule has 18 heavy (non-hydrogen) atoms. The van der Waals surface area contributed by atoms with Gasteiger partial charge in [0.1, 0.15) is 0 Å². The number of nitrogens with zero attached hydrogens (tertiary/aromatic N) is 2. The van der Waals surface area contributed by atoms with Crippen molar-refractivity contribution < 1.29 is 4.79 Å². The summed E-state index contributed by atoms with van der Waals surface area (Å²) in [5.41, 5.74) is 7.16. The van der Waals surface area contributed by atoms with Gasteiger partial charge < -0.3 is 16.0 Å². The van der Waals surface area contributed by atoms with Crippen LogP contribution in [0.1, 0.15) is 19.0 Å². The maximum absolute atomic E-state index is 11.8. The van der Waals surface area contributed by atoms with Crippen LogP contribution in [-0.4, -0.2) is 31.0 Å². The van der Waals surface area contributed by atoms with E-state index in [4.69, 9.17) is 5.73 Å². The quantitative estimate of drug-likeness (QED) is 0.817. The van der Waals surface area contributed by atoms with Crippen molar-refractivity contribution in [2.24, 2.45) is 11.1 Å². The zero-order chi connectivity index (χ0) is 13.2. The first-order chi connectivity index (χ1) is 8.59. The van der Waals surface area contributed by atoms with Crippen molar-refractivity contribution in [1.29, 1.82) is 0 Å². The van der Waals surface area contributed by atoms with Crippen LogP contribution in [0.25, 0.3) is 0 Å². The molecule has 1 aliphatic heterocycles. The van der Waals surface area contributed by atoms with Gasteiger partial charge in [-0.1, -0.05) is 0 Å². The Balaban J connectivity index is 2.10. The molecule has 0 aromatic carbocycles. The third-order valence-electron chi connectivity index (χ3n) is 3.63. The molecule has 2 rings (SSSR count). The summed E-state index contributed by atoms with van der Waals surface area (Å²) in [6.07, 6.45) is 2.70. The van der Waals surface area contributed by atoms with Crippen LogP contribution in [0.3, 0.4) is 0 Å². The molecule has 1 unspecified atom stereocenters. The number of anilines is 1. The standard InChI is InChI=1S/C13H20N4O/c1-13(12(18)15-2)5-6-17(9-13)11-4-3-10(7-14)16-8-11/h3-4,8H,5-7,9,14H2,1-2H3,(H,15,18). The van der Waals surface area contributed by atoms with E-state index in [1.165, 1.54) is 0 Å². The van der Waals surface area contributed by atoms with Gasteiger partial charge in [-0.05, 0) is 25.5 Å². The monoisotopic (exact) mass is 248 g/mol. The molecule has 0 radical (unpaired) electrons. The number of pyridine rings is 1. The van der Waals surface area contributed by atoms with E-state index in [1.54, 1.807) is 7.05 Å². The fourth-order valence-electron chi connectivity index (χ4n) is 2.39. The first-order valence-electron chi connectivity index (χ1n) is 6.21. The van der Waals surface area contributed by atoms with E-state index < -0.39 is 0 Å². The van der Waals surface area contributed by atoms with Crippen LogP contribution in [0.15, 0.2) is 18.3 Å². The Morgan fingerprint density at radius 2 is 2.39 bits per heavy atom. The Morgan fingerprint density at radius 3 is 2.94 bits per heavy atom. The number of rotatable bonds is 3. The van der Waals surface area contributed by atoms with Crippen molar-refractivity contribution in [1.82, 2.24) is 10.3 Å². The van der Waals surface area contributed by atoms with E-state index in [0.717, 1.165) is 30.9 Å². The highest BCUT2D eigenvalue weighted by Crippen LogP contribution is 2.33. The largest absolute Gasteiger partial charge is 0.369 e. The van der Waals surface area contributed by atoms with Crippen LogP contribution in [0.5, 0.6) is 0 Å². The minimum absolute atomic E-state index is 0.108. The number of carbonyl (C=O) groups excluding carboxylic acids is 1. The molecular formula is C13H20N4O. The molecule has 0 spiro atoms. The number of aromatic nitrogens is 1. The second kappa shape index (κ2) is 4.94. The molecule has 1 aromatic heterocycles. The molecule has 2 heterocycles. The zero-order valence-corrected chi connectivity index (χ0v) is 10.9. The Kier molecular flexibility index (Phi) is 3.52. The first-order valence-corrected chi connectivity index (χ1v) is 6.21. The third-order valence-corrected chi connectivity index (χ3v) is 3.63. The first kappa shape index (κ1) is 12.8. The van der Waals surface area contributed by atoms with Gasteiger partial charge in [0.25, 0.3) is 0 Å². The highest BCUT2D eigenvalue weighted by Gasteiger charge is 2.39. The molecule has 3 N–H and O–H groups in total. The highest BCUT2D eigenvalue weighted by molar-refractivity contribution is 5.83. The summed E-state index contributed by atoms with van der Waals surface area (Å²) in [5.74, 6) is 0.108. The van der Waals surface area contributed by atoms with Crippen molar-refractivity contribution in [2.75, 3.05) is 25.0 Å². The Hall–Kier alpha value is -1.62. The lowest BCUT2D eigenvalue weighted by Gasteiger charge is -2.23. The summed E-state index contributed by atoms with van der Waals surface area (Å²) in [6, 6.07) is 3.95. The lowest BCUT2D eigenvalue weighted by molar-refractivity contribution is -0.128. The molecule has 1 amide bonds. The molecule has 1 atom stereocenters. The molecule has 1 saturated heterocycles. The van der Waals surface area contributed by atoms with Crippen LogP contribution < -0.4 is 16.0 Å². The smallest absolute Gasteiger partial charge is 0.227 e. The van der Waals surface area contributed by atoms with Crippen LogP contribution in [-0.2, 0) is 11.3 Å². The summed E-state index contributed by atoms with van der Waals surface area (Å²) in [6.45, 7) is 4.08. The number of carbonyl (C=O) groups is 1. The molecule has 0 bridgehead atoms. The Bertz CT molecular complexity index is 431. The van der Waals surface area contributed by atoms with Crippen molar-refractivity contribution in [2.45, 2.75) is 19.9 Å². The van der Waals surface area contributed by atoms with Crippen LogP contribution in [0.2, 0.25) is 0 Å². The number of nitrogens with two attached hydrogens (primary N) is 1. The second-order valence-corrected chi connectivity index (χ2v) is 5.02. The Morgan fingerprint density at radius 1 is 1.61 bits per heavy atom. The van der Waals surface area contributed by atoms with E-state index in [-0.39, 0.29) is 11.3 Å². The van der Waals surface area contributed by atoms with E-state index in [2.05, 4.69) is 15.2 Å². The van der Waals surface area contributed by atoms with Crippen molar-refractivity contribution in [3.8, 4) is 0 Å². The normalized spacial score (nSPS) is 23.2. The molecule has 1 aliphatic rings. The SMILES string of the molecule is CNC(=O)C1(C)CCN(c2ccc(CN)nc2)C1. The van der Waals surface area contributed by atoms with Gasteiger partial charge in [-0.3, -0.25) is 9.78 Å². The third kappa shape index (κ3) is 2.31. The predicted octanol–water partition coefficient (Wildman–Crippen LogP) is 0.503. The van der Waals surface area contributed by atoms with Gasteiger partial charge in [0.05, 0.1) is 23.0 Å². The lowest BCUT2D eigenvalue weighted by atomic mass is 9.89.